The van der Waals surface area contributed by atoms with Gasteiger partial charge in [-0.1, -0.05) is 18.2 Å². The first kappa shape index (κ1) is 18.6. The van der Waals surface area contributed by atoms with Crippen molar-refractivity contribution in [3.8, 4) is 5.75 Å². The highest BCUT2D eigenvalue weighted by Crippen LogP contribution is 2.46. The molecular weight excluding hydrogens is 336 g/mol. The van der Waals surface area contributed by atoms with Gasteiger partial charge in [-0.25, -0.2) is 0 Å². The van der Waals surface area contributed by atoms with Gasteiger partial charge in [-0.05, 0) is 64.6 Å². The Kier molecular flexibility index (Phi) is 5.58. The number of ether oxygens (including phenoxy) is 1. The van der Waals surface area contributed by atoms with Gasteiger partial charge in [-0.15, -0.1) is 0 Å². The van der Waals surface area contributed by atoms with E-state index < -0.39 is 0 Å². The van der Waals surface area contributed by atoms with Gasteiger partial charge in [0, 0.05) is 31.6 Å². The second-order valence-electron chi connectivity index (χ2n) is 8.57. The number of aliphatic imine (C=N–C) groups is 1. The van der Waals surface area contributed by atoms with Crippen LogP contribution in [0.1, 0.15) is 57.1 Å². The highest BCUT2D eigenvalue weighted by Gasteiger charge is 2.43. The zero-order valence-electron chi connectivity index (χ0n) is 16.8. The van der Waals surface area contributed by atoms with Gasteiger partial charge < -0.3 is 20.3 Å². The van der Waals surface area contributed by atoms with Crippen molar-refractivity contribution in [1.82, 2.24) is 15.5 Å². The quantitative estimate of drug-likeness (QED) is 0.630. The minimum Gasteiger partial charge on any atom is -0.487 e. The summed E-state index contributed by atoms with van der Waals surface area (Å²) in [5, 5.41) is 7.20. The summed E-state index contributed by atoms with van der Waals surface area (Å²) >= 11 is 0. The predicted molar refractivity (Wildman–Crippen MR) is 110 cm³/mol. The molecule has 3 aliphatic rings. The van der Waals surface area contributed by atoms with Gasteiger partial charge in [0.2, 0.25) is 0 Å². The number of nitrogens with one attached hydrogen (secondary N) is 2. The van der Waals surface area contributed by atoms with Gasteiger partial charge in [0.15, 0.2) is 5.96 Å². The normalized spacial score (nSPS) is 27.4. The van der Waals surface area contributed by atoms with E-state index in [0.29, 0.717) is 5.92 Å². The Bertz CT molecular complexity index is 668. The highest BCUT2D eigenvalue weighted by atomic mass is 16.5. The van der Waals surface area contributed by atoms with Crippen LogP contribution >= 0.6 is 0 Å². The maximum Gasteiger partial charge on any atom is 0.191 e. The standard InChI is InChI=1S/C22H34N4O/c1-3-23-21(24-15-17-10-13-26(2)16-17)25-19-14-22(11-6-7-12-22)27-20-9-5-4-8-18(19)20/h4-5,8-9,17,19H,3,6-7,10-16H2,1-2H3,(H2,23,24,25). The topological polar surface area (TPSA) is 48.9 Å². The third-order valence-corrected chi connectivity index (χ3v) is 6.36. The Morgan fingerprint density at radius 2 is 2.11 bits per heavy atom. The Morgan fingerprint density at radius 3 is 2.85 bits per heavy atom. The smallest absolute Gasteiger partial charge is 0.191 e. The van der Waals surface area contributed by atoms with Crippen molar-refractivity contribution >= 4 is 5.96 Å². The monoisotopic (exact) mass is 370 g/mol. The molecule has 1 spiro atoms. The first-order chi connectivity index (χ1) is 13.2. The van der Waals surface area contributed by atoms with Gasteiger partial charge in [-0.3, -0.25) is 4.99 Å². The fourth-order valence-corrected chi connectivity index (χ4v) is 4.95. The van der Waals surface area contributed by atoms with Gasteiger partial charge in [0.25, 0.3) is 0 Å². The zero-order chi connectivity index (χ0) is 18.7. The van der Waals surface area contributed by atoms with E-state index in [1.165, 1.54) is 44.2 Å². The van der Waals surface area contributed by atoms with Crippen molar-refractivity contribution in [1.29, 1.82) is 0 Å². The van der Waals surface area contributed by atoms with E-state index in [1.54, 1.807) is 0 Å². The van der Waals surface area contributed by atoms with E-state index in [2.05, 4.69) is 53.8 Å². The molecule has 2 aliphatic heterocycles. The molecule has 0 aromatic heterocycles. The first-order valence-electron chi connectivity index (χ1n) is 10.7. The largest absolute Gasteiger partial charge is 0.487 e. The minimum atomic E-state index is 0.0114. The van der Waals surface area contributed by atoms with Gasteiger partial charge >= 0.3 is 0 Å². The van der Waals surface area contributed by atoms with E-state index in [0.717, 1.165) is 37.8 Å². The molecule has 1 aliphatic carbocycles. The van der Waals surface area contributed by atoms with Crippen LogP contribution < -0.4 is 15.4 Å². The Hall–Kier alpha value is -1.75. The van der Waals surface area contributed by atoms with Crippen molar-refractivity contribution < 1.29 is 4.74 Å². The lowest BCUT2D eigenvalue weighted by atomic mass is 9.86. The van der Waals surface area contributed by atoms with Crippen molar-refractivity contribution in [2.75, 3.05) is 33.2 Å². The average molecular weight is 371 g/mol. The molecule has 2 heterocycles. The number of likely N-dealkylation sites (tertiary alicyclic amines) is 1. The molecule has 5 heteroatoms. The molecule has 1 saturated carbocycles. The molecule has 2 N–H and O–H groups in total. The molecule has 5 nitrogen and oxygen atoms in total. The van der Waals surface area contributed by atoms with Crippen molar-refractivity contribution in [3.63, 3.8) is 0 Å². The molecule has 2 atom stereocenters. The number of rotatable bonds is 4. The maximum atomic E-state index is 6.50. The van der Waals surface area contributed by atoms with Crippen LogP contribution in [-0.4, -0.2) is 49.7 Å². The number of fused-ring (bicyclic) bond motifs is 1. The minimum absolute atomic E-state index is 0.0114. The molecular formula is C22H34N4O. The summed E-state index contributed by atoms with van der Waals surface area (Å²) in [7, 11) is 2.20. The zero-order valence-corrected chi connectivity index (χ0v) is 16.8. The number of nitrogens with zero attached hydrogens (tertiary/aromatic N) is 2. The second kappa shape index (κ2) is 8.09. The van der Waals surface area contributed by atoms with E-state index in [1.807, 2.05) is 0 Å². The van der Waals surface area contributed by atoms with E-state index in [4.69, 9.17) is 9.73 Å². The number of benzene rings is 1. The lowest BCUT2D eigenvalue weighted by molar-refractivity contribution is 0.0396. The van der Waals surface area contributed by atoms with E-state index in [9.17, 15) is 0 Å². The molecule has 2 fully saturated rings. The first-order valence-corrected chi connectivity index (χ1v) is 10.7. The van der Waals surface area contributed by atoms with Crippen LogP contribution in [0, 0.1) is 5.92 Å². The molecule has 0 radical (unpaired) electrons. The average Bonchev–Trinajstić information content (AvgIpc) is 3.29. The molecule has 148 valence electrons. The molecule has 27 heavy (non-hydrogen) atoms. The molecule has 0 amide bonds. The van der Waals surface area contributed by atoms with Crippen molar-refractivity contribution in [2.45, 2.75) is 57.1 Å². The summed E-state index contributed by atoms with van der Waals surface area (Å²) in [6, 6.07) is 8.78. The van der Waals surface area contributed by atoms with Crippen LogP contribution in [0.2, 0.25) is 0 Å². The summed E-state index contributed by atoms with van der Waals surface area (Å²) in [6.45, 7) is 6.27. The molecule has 1 saturated heterocycles. The van der Waals surface area contributed by atoms with Crippen LogP contribution in [0.4, 0.5) is 0 Å². The third kappa shape index (κ3) is 4.23. The summed E-state index contributed by atoms with van der Waals surface area (Å²) in [5.41, 5.74) is 1.28. The van der Waals surface area contributed by atoms with Crippen LogP contribution in [0.3, 0.4) is 0 Å². The number of guanidine groups is 1. The fraction of sp³-hybridized carbons (Fsp3) is 0.682. The van der Waals surface area contributed by atoms with Gasteiger partial charge in [0.1, 0.15) is 11.4 Å². The second-order valence-corrected chi connectivity index (χ2v) is 8.57. The molecule has 1 aromatic rings. The molecule has 0 bridgehead atoms. The number of hydrogen-bond donors (Lipinski definition) is 2. The van der Waals surface area contributed by atoms with Crippen molar-refractivity contribution in [3.05, 3.63) is 29.8 Å². The van der Waals surface area contributed by atoms with Crippen LogP contribution in [-0.2, 0) is 0 Å². The SMILES string of the molecule is CCNC(=NCC1CCN(C)C1)NC1CC2(CCCC2)Oc2ccccc21. The summed E-state index contributed by atoms with van der Waals surface area (Å²) < 4.78 is 6.50. The van der Waals surface area contributed by atoms with Crippen LogP contribution in [0.25, 0.3) is 0 Å². The molecule has 2 unspecified atom stereocenters. The highest BCUT2D eigenvalue weighted by molar-refractivity contribution is 5.80. The molecule has 1 aromatic carbocycles. The summed E-state index contributed by atoms with van der Waals surface area (Å²) in [4.78, 5) is 7.34. The van der Waals surface area contributed by atoms with E-state index >= 15 is 0 Å². The fourth-order valence-electron chi connectivity index (χ4n) is 4.95. The lowest BCUT2D eigenvalue weighted by Crippen LogP contribution is -2.46. The van der Waals surface area contributed by atoms with Crippen LogP contribution in [0.15, 0.2) is 29.3 Å². The predicted octanol–water partition coefficient (Wildman–Crippen LogP) is 3.33. The number of hydrogen-bond acceptors (Lipinski definition) is 3. The summed E-state index contributed by atoms with van der Waals surface area (Å²) in [5.74, 6) is 2.67. The third-order valence-electron chi connectivity index (χ3n) is 6.36. The Morgan fingerprint density at radius 1 is 1.30 bits per heavy atom. The summed E-state index contributed by atoms with van der Waals surface area (Å²) in [6.07, 6.45) is 7.17. The van der Waals surface area contributed by atoms with Gasteiger partial charge in [-0.2, -0.15) is 0 Å². The Balaban J connectivity index is 1.51. The van der Waals surface area contributed by atoms with E-state index in [-0.39, 0.29) is 11.6 Å². The van der Waals surface area contributed by atoms with Crippen molar-refractivity contribution in [2.24, 2.45) is 10.9 Å². The molecule has 4 rings (SSSR count). The van der Waals surface area contributed by atoms with Gasteiger partial charge in [0.05, 0.1) is 6.04 Å². The number of para-hydroxylation sites is 1. The Labute approximate surface area is 163 Å². The lowest BCUT2D eigenvalue weighted by Gasteiger charge is -2.40. The maximum absolute atomic E-state index is 6.50. The van der Waals surface area contributed by atoms with Crippen LogP contribution in [0.5, 0.6) is 5.75 Å².